The first-order valence-corrected chi connectivity index (χ1v) is 6.10. The van der Waals surface area contributed by atoms with Crippen molar-refractivity contribution in [2.45, 2.75) is 39.2 Å². The summed E-state index contributed by atoms with van der Waals surface area (Å²) in [5.74, 6) is 1.85. The Hall–Kier alpha value is -1.29. The van der Waals surface area contributed by atoms with Gasteiger partial charge in [0, 0.05) is 12.6 Å². The number of hydrogen-bond acceptors (Lipinski definition) is 3. The van der Waals surface area contributed by atoms with Crippen LogP contribution in [0.15, 0.2) is 10.5 Å². The first kappa shape index (κ1) is 12.2. The van der Waals surface area contributed by atoms with Gasteiger partial charge in [-0.2, -0.15) is 0 Å². The van der Waals surface area contributed by atoms with Gasteiger partial charge in [-0.1, -0.05) is 0 Å². The third kappa shape index (κ3) is 2.88. The van der Waals surface area contributed by atoms with Crippen molar-refractivity contribution in [1.82, 2.24) is 5.32 Å². The van der Waals surface area contributed by atoms with Crippen LogP contribution in [0.3, 0.4) is 0 Å². The normalized spacial score (nSPS) is 16.9. The van der Waals surface area contributed by atoms with Crippen LogP contribution in [0.1, 0.15) is 41.1 Å². The van der Waals surface area contributed by atoms with E-state index >= 15 is 0 Å². The van der Waals surface area contributed by atoms with Crippen LogP contribution in [-0.2, 0) is 0 Å². The Morgan fingerprint density at radius 1 is 1.59 bits per heavy atom. The SMILES string of the molecule is Cc1cc(C(=O)NC(CCO)C2CC2)c(C)o1. The minimum absolute atomic E-state index is 0.0929. The van der Waals surface area contributed by atoms with Crippen LogP contribution in [0.5, 0.6) is 0 Å². The van der Waals surface area contributed by atoms with Crippen molar-refractivity contribution in [1.29, 1.82) is 0 Å². The second kappa shape index (κ2) is 4.92. The van der Waals surface area contributed by atoms with E-state index in [0.29, 0.717) is 23.7 Å². The quantitative estimate of drug-likeness (QED) is 0.820. The number of nitrogens with one attached hydrogen (secondary N) is 1. The minimum atomic E-state index is -0.0929. The monoisotopic (exact) mass is 237 g/mol. The molecule has 1 aromatic heterocycles. The van der Waals surface area contributed by atoms with Crippen LogP contribution >= 0.6 is 0 Å². The highest BCUT2D eigenvalue weighted by Gasteiger charge is 2.32. The molecule has 1 fully saturated rings. The van der Waals surface area contributed by atoms with Gasteiger partial charge in [0.25, 0.3) is 5.91 Å². The number of hydrogen-bond donors (Lipinski definition) is 2. The highest BCUT2D eigenvalue weighted by Crippen LogP contribution is 2.34. The van der Waals surface area contributed by atoms with Crippen LogP contribution in [0.2, 0.25) is 0 Å². The molecule has 1 aromatic rings. The van der Waals surface area contributed by atoms with Crippen LogP contribution in [-0.4, -0.2) is 23.7 Å². The second-order valence-corrected chi connectivity index (χ2v) is 4.76. The maximum atomic E-state index is 12.0. The standard InChI is InChI=1S/C13H19NO3/c1-8-7-11(9(2)17-8)13(16)14-12(5-6-15)10-3-4-10/h7,10,12,15H,3-6H2,1-2H3,(H,14,16). The zero-order chi connectivity index (χ0) is 12.4. The summed E-state index contributed by atoms with van der Waals surface area (Å²) >= 11 is 0. The number of carbonyl (C=O) groups excluding carboxylic acids is 1. The minimum Gasteiger partial charge on any atom is -0.466 e. The molecule has 0 spiro atoms. The molecule has 94 valence electrons. The summed E-state index contributed by atoms with van der Waals surface area (Å²) in [7, 11) is 0. The topological polar surface area (TPSA) is 62.5 Å². The van der Waals surface area contributed by atoms with E-state index in [1.54, 1.807) is 13.0 Å². The Morgan fingerprint density at radius 3 is 2.76 bits per heavy atom. The summed E-state index contributed by atoms with van der Waals surface area (Å²) in [6.45, 7) is 3.74. The smallest absolute Gasteiger partial charge is 0.255 e. The lowest BCUT2D eigenvalue weighted by Gasteiger charge is -2.16. The van der Waals surface area contributed by atoms with Gasteiger partial charge in [-0.15, -0.1) is 0 Å². The van der Waals surface area contributed by atoms with Gasteiger partial charge in [0.1, 0.15) is 11.5 Å². The molecule has 0 bridgehead atoms. The van der Waals surface area contributed by atoms with Gasteiger partial charge in [-0.05, 0) is 45.1 Å². The number of furan rings is 1. The lowest BCUT2D eigenvalue weighted by Crippen LogP contribution is -2.37. The molecule has 1 heterocycles. The first-order chi connectivity index (χ1) is 8.11. The fraction of sp³-hybridized carbons (Fsp3) is 0.615. The van der Waals surface area contributed by atoms with Gasteiger partial charge < -0.3 is 14.8 Å². The maximum Gasteiger partial charge on any atom is 0.255 e. The largest absolute Gasteiger partial charge is 0.466 e. The first-order valence-electron chi connectivity index (χ1n) is 6.10. The molecule has 1 saturated carbocycles. The third-order valence-electron chi connectivity index (χ3n) is 3.23. The summed E-state index contributed by atoms with van der Waals surface area (Å²) in [5, 5.41) is 12.0. The predicted octanol–water partition coefficient (Wildman–Crippen LogP) is 1.79. The van der Waals surface area contributed by atoms with E-state index < -0.39 is 0 Å². The summed E-state index contributed by atoms with van der Waals surface area (Å²) < 4.78 is 5.34. The predicted molar refractivity (Wildman–Crippen MR) is 63.9 cm³/mol. The maximum absolute atomic E-state index is 12.0. The molecule has 2 N–H and O–H groups in total. The number of aliphatic hydroxyl groups excluding tert-OH is 1. The average molecular weight is 237 g/mol. The van der Waals surface area contributed by atoms with Crippen molar-refractivity contribution in [3.63, 3.8) is 0 Å². The summed E-state index contributed by atoms with van der Waals surface area (Å²) in [5.41, 5.74) is 0.603. The van der Waals surface area contributed by atoms with Gasteiger partial charge in [0.05, 0.1) is 5.56 Å². The molecular formula is C13H19NO3. The Labute approximate surface area is 101 Å². The summed E-state index contributed by atoms with van der Waals surface area (Å²) in [6, 6.07) is 1.86. The Balaban J connectivity index is 2.02. The van der Waals surface area contributed by atoms with Crippen molar-refractivity contribution < 1.29 is 14.3 Å². The molecular weight excluding hydrogens is 218 g/mol. The highest BCUT2D eigenvalue weighted by molar-refractivity contribution is 5.95. The Bertz CT molecular complexity index is 407. The van der Waals surface area contributed by atoms with Gasteiger partial charge in [0.15, 0.2) is 0 Å². The van der Waals surface area contributed by atoms with Crippen molar-refractivity contribution in [2.24, 2.45) is 5.92 Å². The molecule has 1 aliphatic carbocycles. The lowest BCUT2D eigenvalue weighted by molar-refractivity contribution is 0.0923. The van der Waals surface area contributed by atoms with E-state index in [-0.39, 0.29) is 18.6 Å². The molecule has 1 amide bonds. The van der Waals surface area contributed by atoms with Gasteiger partial charge in [-0.25, -0.2) is 0 Å². The molecule has 4 nitrogen and oxygen atoms in total. The van der Waals surface area contributed by atoms with E-state index in [4.69, 9.17) is 9.52 Å². The molecule has 17 heavy (non-hydrogen) atoms. The summed E-state index contributed by atoms with van der Waals surface area (Å²) in [4.78, 5) is 12.0. The molecule has 1 atom stereocenters. The molecule has 0 saturated heterocycles. The molecule has 2 rings (SSSR count). The van der Waals surface area contributed by atoms with E-state index in [0.717, 1.165) is 18.6 Å². The van der Waals surface area contributed by atoms with Gasteiger partial charge >= 0.3 is 0 Å². The average Bonchev–Trinajstić information content (AvgIpc) is 3.04. The van der Waals surface area contributed by atoms with E-state index in [1.165, 1.54) is 0 Å². The van der Waals surface area contributed by atoms with Gasteiger partial charge in [0.2, 0.25) is 0 Å². The van der Waals surface area contributed by atoms with Gasteiger partial charge in [-0.3, -0.25) is 4.79 Å². The Kier molecular flexibility index (Phi) is 3.52. The van der Waals surface area contributed by atoms with Crippen LogP contribution in [0.4, 0.5) is 0 Å². The van der Waals surface area contributed by atoms with Crippen molar-refractivity contribution in [3.05, 3.63) is 23.2 Å². The van der Waals surface area contributed by atoms with E-state index in [2.05, 4.69) is 5.32 Å². The van der Waals surface area contributed by atoms with E-state index in [9.17, 15) is 4.79 Å². The lowest BCUT2D eigenvalue weighted by atomic mass is 10.1. The highest BCUT2D eigenvalue weighted by atomic mass is 16.3. The second-order valence-electron chi connectivity index (χ2n) is 4.76. The molecule has 0 radical (unpaired) electrons. The molecule has 0 aromatic carbocycles. The number of aryl methyl sites for hydroxylation is 2. The van der Waals surface area contributed by atoms with Crippen LogP contribution < -0.4 is 5.32 Å². The van der Waals surface area contributed by atoms with Crippen molar-refractivity contribution in [3.8, 4) is 0 Å². The summed E-state index contributed by atoms with van der Waals surface area (Å²) in [6.07, 6.45) is 2.93. The Morgan fingerprint density at radius 2 is 2.29 bits per heavy atom. The molecule has 4 heteroatoms. The molecule has 1 unspecified atom stereocenters. The third-order valence-corrected chi connectivity index (χ3v) is 3.23. The number of carbonyl (C=O) groups is 1. The molecule has 1 aliphatic rings. The molecule has 0 aliphatic heterocycles. The van der Waals surface area contributed by atoms with Crippen molar-refractivity contribution >= 4 is 5.91 Å². The fourth-order valence-electron chi connectivity index (χ4n) is 2.17. The van der Waals surface area contributed by atoms with Crippen LogP contribution in [0.25, 0.3) is 0 Å². The van der Waals surface area contributed by atoms with E-state index in [1.807, 2.05) is 6.92 Å². The fourth-order valence-corrected chi connectivity index (χ4v) is 2.17. The number of amides is 1. The van der Waals surface area contributed by atoms with Crippen LogP contribution in [0, 0.1) is 19.8 Å². The zero-order valence-electron chi connectivity index (χ0n) is 10.3. The zero-order valence-corrected chi connectivity index (χ0v) is 10.3. The number of rotatable bonds is 5. The number of aliphatic hydroxyl groups is 1. The van der Waals surface area contributed by atoms with Crippen molar-refractivity contribution in [2.75, 3.05) is 6.61 Å².